The van der Waals surface area contributed by atoms with Gasteiger partial charge in [0.25, 0.3) is 5.91 Å². The molecule has 0 aliphatic heterocycles. The normalized spacial score (nSPS) is 11.6. The van der Waals surface area contributed by atoms with E-state index < -0.39 is 0 Å². The molecule has 0 saturated carbocycles. The maximum absolute atomic E-state index is 12.9. The van der Waals surface area contributed by atoms with Gasteiger partial charge in [0.15, 0.2) is 11.5 Å². The van der Waals surface area contributed by atoms with E-state index in [0.717, 1.165) is 5.56 Å². The van der Waals surface area contributed by atoms with E-state index in [1.165, 1.54) is 7.11 Å². The molecule has 0 bridgehead atoms. The van der Waals surface area contributed by atoms with Crippen molar-refractivity contribution in [2.24, 2.45) is 0 Å². The predicted octanol–water partition coefficient (Wildman–Crippen LogP) is 3.07. The number of methoxy groups -OCH3 is 2. The number of carbonyl (C=O) groups excluding carboxylic acids is 1. The molecule has 3 rings (SSSR count). The average Bonchev–Trinajstić information content (AvgIpc) is 3.20. The highest BCUT2D eigenvalue weighted by Gasteiger charge is 2.21. The van der Waals surface area contributed by atoms with Crippen molar-refractivity contribution in [2.75, 3.05) is 14.2 Å². The van der Waals surface area contributed by atoms with E-state index >= 15 is 0 Å². The van der Waals surface area contributed by atoms with E-state index in [0.29, 0.717) is 23.6 Å². The van der Waals surface area contributed by atoms with Crippen molar-refractivity contribution in [1.82, 2.24) is 14.9 Å². The van der Waals surface area contributed by atoms with Gasteiger partial charge >= 0.3 is 0 Å². The standard InChI is InChI=1S/C20H21N3O3/c1-25-18-10-6-9-16(19(18)26-2)20(24)22-17(13-23-12-11-21-14-23)15-7-4-3-5-8-15/h3-12,14,17H,13H2,1-2H3,(H,22,24)/t17-/m1/s1. The Balaban J connectivity index is 1.88. The summed E-state index contributed by atoms with van der Waals surface area (Å²) in [4.78, 5) is 17.0. The Morgan fingerprint density at radius 3 is 2.58 bits per heavy atom. The largest absolute Gasteiger partial charge is 0.493 e. The van der Waals surface area contributed by atoms with Crippen LogP contribution in [0.5, 0.6) is 11.5 Å². The predicted molar refractivity (Wildman–Crippen MR) is 98.4 cm³/mol. The van der Waals surface area contributed by atoms with E-state index in [1.807, 2.05) is 41.1 Å². The first-order chi connectivity index (χ1) is 12.7. The number of ether oxygens (including phenoxy) is 2. The van der Waals surface area contributed by atoms with Crippen LogP contribution in [0, 0.1) is 0 Å². The number of benzene rings is 2. The van der Waals surface area contributed by atoms with Crippen molar-refractivity contribution in [3.8, 4) is 11.5 Å². The summed E-state index contributed by atoms with van der Waals surface area (Å²) < 4.78 is 12.6. The van der Waals surface area contributed by atoms with Crippen molar-refractivity contribution < 1.29 is 14.3 Å². The molecule has 0 spiro atoms. The third kappa shape index (κ3) is 3.85. The third-order valence-electron chi connectivity index (χ3n) is 4.11. The SMILES string of the molecule is COc1cccc(C(=O)N[C@H](Cn2ccnc2)c2ccccc2)c1OC. The fourth-order valence-corrected chi connectivity index (χ4v) is 2.83. The van der Waals surface area contributed by atoms with Crippen molar-refractivity contribution in [2.45, 2.75) is 12.6 Å². The van der Waals surface area contributed by atoms with Crippen molar-refractivity contribution in [1.29, 1.82) is 0 Å². The molecule has 1 aromatic heterocycles. The average molecular weight is 351 g/mol. The number of imidazole rings is 1. The molecule has 6 nitrogen and oxygen atoms in total. The molecule has 0 aliphatic carbocycles. The van der Waals surface area contributed by atoms with Crippen LogP contribution < -0.4 is 14.8 Å². The molecule has 0 unspecified atom stereocenters. The lowest BCUT2D eigenvalue weighted by Crippen LogP contribution is -2.31. The second-order valence-corrected chi connectivity index (χ2v) is 5.74. The van der Waals surface area contributed by atoms with E-state index in [1.54, 1.807) is 37.8 Å². The number of amides is 1. The molecular formula is C20H21N3O3. The van der Waals surface area contributed by atoms with Gasteiger partial charge < -0.3 is 19.4 Å². The molecule has 1 amide bonds. The Kier molecular flexibility index (Phi) is 5.53. The van der Waals surface area contributed by atoms with Crippen molar-refractivity contribution in [3.05, 3.63) is 78.4 Å². The second-order valence-electron chi connectivity index (χ2n) is 5.74. The molecule has 3 aromatic rings. The Morgan fingerprint density at radius 2 is 1.92 bits per heavy atom. The summed E-state index contributed by atoms with van der Waals surface area (Å²) in [6.07, 6.45) is 5.32. The summed E-state index contributed by atoms with van der Waals surface area (Å²) >= 11 is 0. The molecule has 6 heteroatoms. The van der Waals surface area contributed by atoms with Crippen molar-refractivity contribution >= 4 is 5.91 Å². The minimum Gasteiger partial charge on any atom is -0.493 e. The first-order valence-corrected chi connectivity index (χ1v) is 8.25. The van der Waals surface area contributed by atoms with Crippen LogP contribution in [0.2, 0.25) is 0 Å². The van der Waals surface area contributed by atoms with Gasteiger partial charge in [0, 0.05) is 18.9 Å². The van der Waals surface area contributed by atoms with Crippen molar-refractivity contribution in [3.63, 3.8) is 0 Å². The summed E-state index contributed by atoms with van der Waals surface area (Å²) in [7, 11) is 3.07. The smallest absolute Gasteiger partial charge is 0.255 e. The number of rotatable bonds is 7. The lowest BCUT2D eigenvalue weighted by atomic mass is 10.1. The van der Waals surface area contributed by atoms with Crippen LogP contribution in [0.4, 0.5) is 0 Å². The minimum atomic E-state index is -0.227. The lowest BCUT2D eigenvalue weighted by molar-refractivity contribution is 0.0929. The molecule has 1 N–H and O–H groups in total. The fourth-order valence-electron chi connectivity index (χ4n) is 2.83. The summed E-state index contributed by atoms with van der Waals surface area (Å²) in [6.45, 7) is 0.571. The quantitative estimate of drug-likeness (QED) is 0.710. The summed E-state index contributed by atoms with van der Waals surface area (Å²) in [5.74, 6) is 0.711. The zero-order chi connectivity index (χ0) is 18.4. The second kappa shape index (κ2) is 8.20. The lowest BCUT2D eigenvalue weighted by Gasteiger charge is -2.21. The zero-order valence-electron chi connectivity index (χ0n) is 14.8. The molecule has 0 radical (unpaired) electrons. The minimum absolute atomic E-state index is 0.214. The van der Waals surface area contributed by atoms with Crippen LogP contribution in [0.25, 0.3) is 0 Å². The fraction of sp³-hybridized carbons (Fsp3) is 0.200. The van der Waals surface area contributed by atoms with Gasteiger partial charge in [0.1, 0.15) is 0 Å². The van der Waals surface area contributed by atoms with Crippen LogP contribution in [-0.2, 0) is 6.54 Å². The Labute approximate surface area is 152 Å². The molecule has 1 heterocycles. The van der Waals surface area contributed by atoms with Gasteiger partial charge in [-0.15, -0.1) is 0 Å². The number of hydrogen-bond acceptors (Lipinski definition) is 4. The highest BCUT2D eigenvalue weighted by molar-refractivity contribution is 5.98. The Hall–Kier alpha value is -3.28. The highest BCUT2D eigenvalue weighted by Crippen LogP contribution is 2.31. The first-order valence-electron chi connectivity index (χ1n) is 8.25. The maximum Gasteiger partial charge on any atom is 0.255 e. The zero-order valence-corrected chi connectivity index (χ0v) is 14.8. The Bertz CT molecular complexity index is 848. The number of para-hydroxylation sites is 1. The van der Waals surface area contributed by atoms with Gasteiger partial charge in [-0.25, -0.2) is 4.98 Å². The first kappa shape index (κ1) is 17.5. The Morgan fingerprint density at radius 1 is 1.12 bits per heavy atom. The van der Waals surface area contributed by atoms with E-state index in [4.69, 9.17) is 9.47 Å². The van der Waals surface area contributed by atoms with E-state index in [2.05, 4.69) is 10.3 Å². The summed E-state index contributed by atoms with van der Waals surface area (Å²) in [5.41, 5.74) is 1.44. The van der Waals surface area contributed by atoms with E-state index in [9.17, 15) is 4.79 Å². The topological polar surface area (TPSA) is 65.4 Å². The number of carbonyl (C=O) groups is 1. The molecular weight excluding hydrogens is 330 g/mol. The number of hydrogen-bond donors (Lipinski definition) is 1. The van der Waals surface area contributed by atoms with Crippen LogP contribution in [0.3, 0.4) is 0 Å². The highest BCUT2D eigenvalue weighted by atomic mass is 16.5. The van der Waals surface area contributed by atoms with Gasteiger partial charge in [-0.3, -0.25) is 4.79 Å². The van der Waals surface area contributed by atoms with Gasteiger partial charge in [-0.05, 0) is 17.7 Å². The maximum atomic E-state index is 12.9. The van der Waals surface area contributed by atoms with Crippen LogP contribution >= 0.6 is 0 Å². The number of aromatic nitrogens is 2. The molecule has 134 valence electrons. The summed E-state index contributed by atoms with van der Waals surface area (Å²) in [5, 5.41) is 3.09. The molecule has 0 fully saturated rings. The molecule has 0 saturated heterocycles. The van der Waals surface area contributed by atoms with Crippen LogP contribution in [0.15, 0.2) is 67.3 Å². The summed E-state index contributed by atoms with van der Waals surface area (Å²) in [6, 6.07) is 14.9. The van der Waals surface area contributed by atoms with E-state index in [-0.39, 0.29) is 11.9 Å². The van der Waals surface area contributed by atoms with Gasteiger partial charge in [0.2, 0.25) is 0 Å². The monoisotopic (exact) mass is 351 g/mol. The molecule has 26 heavy (non-hydrogen) atoms. The number of nitrogens with zero attached hydrogens (tertiary/aromatic N) is 2. The van der Waals surface area contributed by atoms with Gasteiger partial charge in [-0.1, -0.05) is 36.4 Å². The molecule has 2 aromatic carbocycles. The third-order valence-corrected chi connectivity index (χ3v) is 4.11. The number of nitrogens with one attached hydrogen (secondary N) is 1. The van der Waals surface area contributed by atoms with Gasteiger partial charge in [0.05, 0.1) is 32.2 Å². The van der Waals surface area contributed by atoms with Crippen LogP contribution in [-0.4, -0.2) is 29.7 Å². The van der Waals surface area contributed by atoms with Crippen LogP contribution in [0.1, 0.15) is 22.0 Å². The molecule has 0 aliphatic rings. The molecule has 1 atom stereocenters. The van der Waals surface area contributed by atoms with Gasteiger partial charge in [-0.2, -0.15) is 0 Å².